The summed E-state index contributed by atoms with van der Waals surface area (Å²) >= 11 is 0. The number of ether oxygens (including phenoxy) is 1. The normalized spacial score (nSPS) is 17.9. The van der Waals surface area contributed by atoms with E-state index >= 15 is 0 Å². The van der Waals surface area contributed by atoms with Gasteiger partial charge in [0.15, 0.2) is 5.22 Å². The largest absolute Gasteiger partial charge is 0.356 e. The van der Waals surface area contributed by atoms with Gasteiger partial charge in [-0.2, -0.15) is 0 Å². The number of carbonyl (C=O) groups is 1. The molecule has 1 fully saturated rings. The summed E-state index contributed by atoms with van der Waals surface area (Å²) in [6.45, 7) is 14.8. The van der Waals surface area contributed by atoms with Gasteiger partial charge in [0.05, 0.1) is 17.2 Å². The molecule has 2 amide bonds. The van der Waals surface area contributed by atoms with Crippen LogP contribution in [0.15, 0.2) is 0 Å². The van der Waals surface area contributed by atoms with Crippen molar-refractivity contribution >= 4 is 14.8 Å². The van der Waals surface area contributed by atoms with Crippen molar-refractivity contribution in [2.75, 3.05) is 13.1 Å². The van der Waals surface area contributed by atoms with Crippen molar-refractivity contribution in [3.8, 4) is 0 Å². The van der Waals surface area contributed by atoms with Gasteiger partial charge in [0.2, 0.25) is 0 Å². The summed E-state index contributed by atoms with van der Waals surface area (Å²) in [4.78, 5) is 11.1. The zero-order valence-electron chi connectivity index (χ0n) is 12.5. The molecule has 0 aromatic heterocycles. The van der Waals surface area contributed by atoms with E-state index in [-0.39, 0.29) is 17.4 Å². The fraction of sp³-hybridized carbons (Fsp3) is 0.923. The van der Waals surface area contributed by atoms with Crippen LogP contribution in [-0.2, 0) is 4.74 Å². The summed E-state index contributed by atoms with van der Waals surface area (Å²) < 4.78 is 6.28. The van der Waals surface area contributed by atoms with E-state index in [1.54, 1.807) is 0 Å². The van der Waals surface area contributed by atoms with Crippen LogP contribution in [0.3, 0.4) is 0 Å². The number of urea groups is 1. The third-order valence-corrected chi connectivity index (χ3v) is 7.38. The first kappa shape index (κ1) is 15.5. The molecule has 4 nitrogen and oxygen atoms in total. The van der Waals surface area contributed by atoms with Crippen LogP contribution in [0.5, 0.6) is 0 Å². The number of carbonyl (C=O) groups excluding carboxylic acids is 1. The summed E-state index contributed by atoms with van der Waals surface area (Å²) in [5, 5.41) is 5.49. The number of hydrogen-bond acceptors (Lipinski definition) is 2. The molecule has 0 unspecified atom stereocenters. The number of rotatable bonds is 5. The lowest BCUT2D eigenvalue weighted by Gasteiger charge is -2.33. The lowest BCUT2D eigenvalue weighted by molar-refractivity contribution is -0.0260. The van der Waals surface area contributed by atoms with Gasteiger partial charge in [-0.1, -0.05) is 0 Å². The monoisotopic (exact) mass is 271 g/mol. The van der Waals surface area contributed by atoms with Gasteiger partial charge in [-0.15, -0.1) is 0 Å². The van der Waals surface area contributed by atoms with E-state index in [1.165, 1.54) is 0 Å². The molecular weight excluding hydrogens is 244 g/mol. The van der Waals surface area contributed by atoms with Gasteiger partial charge in [0.25, 0.3) is 0 Å². The maximum absolute atomic E-state index is 11.1. The second-order valence-corrected chi connectivity index (χ2v) is 10.5. The highest BCUT2D eigenvalue weighted by Crippen LogP contribution is 2.32. The fourth-order valence-corrected chi connectivity index (χ4v) is 7.59. The first-order valence-electron chi connectivity index (χ1n) is 6.80. The summed E-state index contributed by atoms with van der Waals surface area (Å²) in [5.41, 5.74) is 1.35. The standard InChI is InChI=1S/C13H26N2O2Si/c1-9(2)18(10(3)4)13(5,6)17-11-7-14-12(16)15-8-11/h9-11H,7-8H2,1-6H3,(H-,14,15,16)/p+1. The lowest BCUT2D eigenvalue weighted by atomic mass is 10.3. The summed E-state index contributed by atoms with van der Waals surface area (Å²) in [5.74, 6) is 0. The van der Waals surface area contributed by atoms with Crippen LogP contribution in [0.1, 0.15) is 41.5 Å². The fourth-order valence-electron chi connectivity index (χ4n) is 3.17. The third kappa shape index (κ3) is 3.98. The number of nitrogens with one attached hydrogen (secondary N) is 2. The van der Waals surface area contributed by atoms with E-state index in [2.05, 4.69) is 52.2 Å². The Balaban J connectivity index is 2.64. The molecule has 0 aromatic rings. The van der Waals surface area contributed by atoms with Crippen molar-refractivity contribution in [2.24, 2.45) is 0 Å². The molecule has 0 spiro atoms. The SMILES string of the molecule is CC(C)[Si+](C(C)C)C(C)(C)OC1CNC(=O)NC1. The minimum atomic E-state index is -0.630. The van der Waals surface area contributed by atoms with Gasteiger partial charge in [-0.25, -0.2) is 4.79 Å². The van der Waals surface area contributed by atoms with Gasteiger partial charge >= 0.3 is 14.8 Å². The van der Waals surface area contributed by atoms with Gasteiger partial charge in [-0.05, 0) is 41.5 Å². The molecule has 0 aliphatic carbocycles. The van der Waals surface area contributed by atoms with Gasteiger partial charge in [-0.3, -0.25) is 0 Å². The Morgan fingerprint density at radius 2 is 1.61 bits per heavy atom. The predicted octanol–water partition coefficient (Wildman–Crippen LogP) is 2.32. The molecule has 18 heavy (non-hydrogen) atoms. The molecule has 0 radical (unpaired) electrons. The predicted molar refractivity (Wildman–Crippen MR) is 76.3 cm³/mol. The zero-order valence-corrected chi connectivity index (χ0v) is 13.5. The second kappa shape index (κ2) is 6.06. The molecule has 5 heteroatoms. The molecule has 0 aromatic carbocycles. The molecule has 2 N–H and O–H groups in total. The third-order valence-electron chi connectivity index (χ3n) is 3.38. The van der Waals surface area contributed by atoms with Crippen molar-refractivity contribution in [1.29, 1.82) is 0 Å². The minimum absolute atomic E-state index is 0.0789. The maximum Gasteiger partial charge on any atom is 0.356 e. The van der Waals surface area contributed by atoms with Crippen LogP contribution in [0.4, 0.5) is 4.79 Å². The number of amides is 2. The van der Waals surface area contributed by atoms with Crippen LogP contribution in [0, 0.1) is 0 Å². The van der Waals surface area contributed by atoms with Crippen LogP contribution in [0.25, 0.3) is 0 Å². The molecule has 1 heterocycles. The average Bonchev–Trinajstić information content (AvgIpc) is 2.19. The minimum Gasteiger partial charge on any atom is -0.340 e. The molecular formula is C13H27N2O2Si+. The van der Waals surface area contributed by atoms with Gasteiger partial charge in [0, 0.05) is 13.1 Å². The Kier molecular flexibility index (Phi) is 5.22. The first-order chi connectivity index (χ1) is 8.24. The summed E-state index contributed by atoms with van der Waals surface area (Å²) in [7, 11) is -0.630. The molecule has 1 aliphatic rings. The Morgan fingerprint density at radius 1 is 1.17 bits per heavy atom. The molecule has 1 rings (SSSR count). The zero-order chi connectivity index (χ0) is 13.9. The first-order valence-corrected chi connectivity index (χ1v) is 8.46. The average molecular weight is 271 g/mol. The number of hydrogen-bond donors (Lipinski definition) is 2. The highest BCUT2D eigenvalue weighted by atomic mass is 28.3. The summed E-state index contributed by atoms with van der Waals surface area (Å²) in [6.07, 6.45) is 0.0789. The molecule has 1 saturated heterocycles. The van der Waals surface area contributed by atoms with Crippen molar-refractivity contribution < 1.29 is 9.53 Å². The van der Waals surface area contributed by atoms with Crippen molar-refractivity contribution in [1.82, 2.24) is 10.6 Å². The van der Waals surface area contributed by atoms with E-state index in [0.29, 0.717) is 24.2 Å². The van der Waals surface area contributed by atoms with Crippen LogP contribution in [-0.4, -0.2) is 39.2 Å². The maximum atomic E-state index is 11.1. The Labute approximate surface area is 112 Å². The highest BCUT2D eigenvalue weighted by Gasteiger charge is 2.52. The second-order valence-electron chi connectivity index (χ2n) is 6.11. The van der Waals surface area contributed by atoms with Gasteiger partial charge < -0.3 is 15.4 Å². The van der Waals surface area contributed by atoms with Crippen molar-refractivity contribution in [3.05, 3.63) is 0 Å². The van der Waals surface area contributed by atoms with E-state index in [9.17, 15) is 4.79 Å². The van der Waals surface area contributed by atoms with Crippen LogP contribution < -0.4 is 10.6 Å². The smallest absolute Gasteiger partial charge is 0.340 e. The van der Waals surface area contributed by atoms with E-state index in [1.807, 2.05) is 0 Å². The Bertz CT molecular complexity index is 275. The Hall–Kier alpha value is -0.553. The van der Waals surface area contributed by atoms with Crippen molar-refractivity contribution in [3.63, 3.8) is 0 Å². The molecule has 0 bridgehead atoms. The summed E-state index contributed by atoms with van der Waals surface area (Å²) in [6, 6.07) is -0.0918. The lowest BCUT2D eigenvalue weighted by Crippen LogP contribution is -2.57. The quantitative estimate of drug-likeness (QED) is 0.754. The molecule has 1 aliphatic heterocycles. The topological polar surface area (TPSA) is 50.4 Å². The van der Waals surface area contributed by atoms with Crippen LogP contribution in [0.2, 0.25) is 11.1 Å². The highest BCUT2D eigenvalue weighted by molar-refractivity contribution is 6.64. The molecule has 104 valence electrons. The van der Waals surface area contributed by atoms with E-state index < -0.39 is 8.80 Å². The van der Waals surface area contributed by atoms with Crippen LogP contribution >= 0.6 is 0 Å². The van der Waals surface area contributed by atoms with Crippen molar-refractivity contribution in [2.45, 2.75) is 64.0 Å². The molecule has 0 saturated carbocycles. The Morgan fingerprint density at radius 3 is 2.00 bits per heavy atom. The molecule has 0 atom stereocenters. The van der Waals surface area contributed by atoms with E-state index in [4.69, 9.17) is 4.74 Å². The van der Waals surface area contributed by atoms with Gasteiger partial charge in [0.1, 0.15) is 0 Å². The van der Waals surface area contributed by atoms with E-state index in [0.717, 1.165) is 0 Å².